The number of nitrogens with two attached hydrogens (primary N) is 1. The minimum Gasteiger partial charge on any atom is -0.387 e. The Hall–Kier alpha value is -0.860. The molecule has 0 aliphatic heterocycles. The van der Waals surface area contributed by atoms with Gasteiger partial charge in [0.05, 0.1) is 7.05 Å². The lowest BCUT2D eigenvalue weighted by atomic mass is 9.69. The average molecular weight is 276 g/mol. The molecule has 0 heterocycles. The summed E-state index contributed by atoms with van der Waals surface area (Å²) in [7, 11) is 2.12. The molecular formula is C18H30NO+. The Balaban J connectivity index is 2.40. The third-order valence-electron chi connectivity index (χ3n) is 5.17. The number of aryl methyl sites for hydroxylation is 1. The first-order chi connectivity index (χ1) is 9.51. The van der Waals surface area contributed by atoms with Crippen LogP contribution in [0.1, 0.15) is 50.7 Å². The highest BCUT2D eigenvalue weighted by Crippen LogP contribution is 2.44. The molecule has 1 fully saturated rings. The molecule has 2 unspecified atom stereocenters. The maximum atomic E-state index is 10.7. The fraction of sp³-hybridized carbons (Fsp3) is 0.667. The first-order valence-electron chi connectivity index (χ1n) is 8.06. The number of benzene rings is 1. The van der Waals surface area contributed by atoms with Gasteiger partial charge in [0.25, 0.3) is 0 Å². The van der Waals surface area contributed by atoms with E-state index in [1.165, 1.54) is 36.8 Å². The van der Waals surface area contributed by atoms with Gasteiger partial charge in [0.2, 0.25) is 0 Å². The highest BCUT2D eigenvalue weighted by atomic mass is 16.3. The van der Waals surface area contributed by atoms with Gasteiger partial charge in [-0.05, 0) is 31.2 Å². The summed E-state index contributed by atoms with van der Waals surface area (Å²) in [5.74, 6) is 0.305. The van der Waals surface area contributed by atoms with Crippen molar-refractivity contribution in [3.05, 3.63) is 35.4 Å². The van der Waals surface area contributed by atoms with Crippen LogP contribution >= 0.6 is 0 Å². The molecule has 112 valence electrons. The molecule has 1 aliphatic carbocycles. The number of aliphatic hydroxyl groups is 1. The molecule has 0 aromatic heterocycles. The molecular weight excluding hydrogens is 246 g/mol. The van der Waals surface area contributed by atoms with E-state index in [0.717, 1.165) is 0 Å². The molecule has 2 heteroatoms. The normalized spacial score (nSPS) is 21.1. The lowest BCUT2D eigenvalue weighted by Crippen LogP contribution is -2.93. The lowest BCUT2D eigenvalue weighted by molar-refractivity contribution is -0.682. The van der Waals surface area contributed by atoms with Gasteiger partial charge in [0.15, 0.2) is 0 Å². The summed E-state index contributed by atoms with van der Waals surface area (Å²) >= 11 is 0. The first kappa shape index (κ1) is 15.5. The summed E-state index contributed by atoms with van der Waals surface area (Å²) in [5, 5.41) is 12.9. The summed E-state index contributed by atoms with van der Waals surface area (Å²) in [6.07, 6.45) is 4.72. The van der Waals surface area contributed by atoms with Gasteiger partial charge in [0.1, 0.15) is 12.1 Å². The Labute approximate surface area is 123 Å². The lowest BCUT2D eigenvalue weighted by Gasteiger charge is -2.39. The summed E-state index contributed by atoms with van der Waals surface area (Å²) < 4.78 is 0. The van der Waals surface area contributed by atoms with E-state index < -0.39 is 0 Å². The fourth-order valence-electron chi connectivity index (χ4n) is 3.96. The zero-order chi connectivity index (χ0) is 14.8. The van der Waals surface area contributed by atoms with Crippen LogP contribution in [0.15, 0.2) is 24.3 Å². The van der Waals surface area contributed by atoms with Crippen LogP contribution in [-0.2, 0) is 5.41 Å². The van der Waals surface area contributed by atoms with Crippen molar-refractivity contribution >= 4 is 0 Å². The predicted octanol–water partition coefficient (Wildman–Crippen LogP) is 2.39. The molecule has 0 radical (unpaired) electrons. The number of likely N-dealkylation sites (N-methyl/N-ethyl adjacent to an activating group) is 1. The summed E-state index contributed by atoms with van der Waals surface area (Å²) in [6.45, 7) is 6.38. The van der Waals surface area contributed by atoms with E-state index in [1.54, 1.807) is 0 Å². The Bertz CT molecular complexity index is 418. The average Bonchev–Trinajstić information content (AvgIpc) is 2.90. The molecule has 0 amide bonds. The van der Waals surface area contributed by atoms with Gasteiger partial charge < -0.3 is 10.4 Å². The Morgan fingerprint density at radius 3 is 2.10 bits per heavy atom. The number of rotatable bonds is 5. The molecule has 2 atom stereocenters. The van der Waals surface area contributed by atoms with E-state index in [9.17, 15) is 5.11 Å². The van der Waals surface area contributed by atoms with Crippen LogP contribution in [0.25, 0.3) is 0 Å². The molecule has 2 nitrogen and oxygen atoms in total. The molecule has 1 aromatic rings. The van der Waals surface area contributed by atoms with Crippen molar-refractivity contribution in [1.29, 1.82) is 0 Å². The van der Waals surface area contributed by atoms with Gasteiger partial charge in [-0.2, -0.15) is 0 Å². The highest BCUT2D eigenvalue weighted by Gasteiger charge is 2.48. The molecule has 1 saturated carbocycles. The topological polar surface area (TPSA) is 36.8 Å². The second-order valence-corrected chi connectivity index (χ2v) is 6.82. The summed E-state index contributed by atoms with van der Waals surface area (Å²) in [6, 6.07) is 9.25. The molecule has 1 aromatic carbocycles. The quantitative estimate of drug-likeness (QED) is 0.851. The van der Waals surface area contributed by atoms with E-state index in [-0.39, 0.29) is 17.6 Å². The highest BCUT2D eigenvalue weighted by molar-refractivity contribution is 5.31. The van der Waals surface area contributed by atoms with Crippen molar-refractivity contribution in [2.45, 2.75) is 64.0 Å². The standard InChI is InChI=1S/C18H29NO/c1-13(2)16(20)17(19-4)18(11-5-6-12-18)15-9-7-14(3)8-10-15/h7-10,13,16-17,19-20H,5-6,11-12H2,1-4H3/p+1. The van der Waals surface area contributed by atoms with E-state index in [4.69, 9.17) is 0 Å². The second kappa shape index (κ2) is 6.28. The number of hydrogen-bond acceptors (Lipinski definition) is 1. The van der Waals surface area contributed by atoms with Crippen molar-refractivity contribution in [3.63, 3.8) is 0 Å². The number of hydrogen-bond donors (Lipinski definition) is 2. The van der Waals surface area contributed by atoms with Crippen LogP contribution in [0.5, 0.6) is 0 Å². The van der Waals surface area contributed by atoms with E-state index >= 15 is 0 Å². The molecule has 0 bridgehead atoms. The van der Waals surface area contributed by atoms with Crippen LogP contribution < -0.4 is 5.32 Å². The zero-order valence-corrected chi connectivity index (χ0v) is 13.4. The minimum atomic E-state index is -0.251. The maximum absolute atomic E-state index is 10.7. The largest absolute Gasteiger partial charge is 0.387 e. The Morgan fingerprint density at radius 1 is 1.10 bits per heavy atom. The Morgan fingerprint density at radius 2 is 1.65 bits per heavy atom. The maximum Gasteiger partial charge on any atom is 0.122 e. The van der Waals surface area contributed by atoms with Crippen molar-refractivity contribution in [2.75, 3.05) is 7.05 Å². The van der Waals surface area contributed by atoms with Gasteiger partial charge in [-0.25, -0.2) is 0 Å². The molecule has 1 aliphatic rings. The van der Waals surface area contributed by atoms with Gasteiger partial charge in [-0.3, -0.25) is 0 Å². The zero-order valence-electron chi connectivity index (χ0n) is 13.4. The SMILES string of the molecule is C[NH2+]C(C(O)C(C)C)C1(c2ccc(C)cc2)CCCC1. The third kappa shape index (κ3) is 2.77. The van der Waals surface area contributed by atoms with Crippen molar-refractivity contribution in [2.24, 2.45) is 5.92 Å². The van der Waals surface area contributed by atoms with Crippen LogP contribution in [0.4, 0.5) is 0 Å². The van der Waals surface area contributed by atoms with Crippen molar-refractivity contribution < 1.29 is 10.4 Å². The number of quaternary nitrogens is 1. The fourth-order valence-corrected chi connectivity index (χ4v) is 3.96. The second-order valence-electron chi connectivity index (χ2n) is 6.82. The van der Waals surface area contributed by atoms with Crippen LogP contribution in [0.3, 0.4) is 0 Å². The van der Waals surface area contributed by atoms with E-state index in [0.29, 0.717) is 5.92 Å². The molecule has 0 spiro atoms. The van der Waals surface area contributed by atoms with Crippen LogP contribution in [0.2, 0.25) is 0 Å². The third-order valence-corrected chi connectivity index (χ3v) is 5.17. The Kier molecular flexibility index (Phi) is 4.87. The molecule has 3 N–H and O–H groups in total. The first-order valence-corrected chi connectivity index (χ1v) is 8.06. The minimum absolute atomic E-state index is 0.145. The van der Waals surface area contributed by atoms with Crippen LogP contribution in [-0.4, -0.2) is 24.3 Å². The molecule has 2 rings (SSSR count). The van der Waals surface area contributed by atoms with Gasteiger partial charge in [-0.15, -0.1) is 0 Å². The summed E-state index contributed by atoms with van der Waals surface area (Å²) in [5.41, 5.74) is 2.87. The van der Waals surface area contributed by atoms with E-state index in [1.807, 2.05) is 0 Å². The van der Waals surface area contributed by atoms with Crippen LogP contribution in [0, 0.1) is 12.8 Å². The van der Waals surface area contributed by atoms with Crippen molar-refractivity contribution in [1.82, 2.24) is 0 Å². The summed E-state index contributed by atoms with van der Waals surface area (Å²) in [4.78, 5) is 0. The number of aliphatic hydroxyl groups excluding tert-OH is 1. The monoisotopic (exact) mass is 276 g/mol. The van der Waals surface area contributed by atoms with Gasteiger partial charge in [0, 0.05) is 5.41 Å². The van der Waals surface area contributed by atoms with Crippen molar-refractivity contribution in [3.8, 4) is 0 Å². The predicted molar refractivity (Wildman–Crippen MR) is 83.8 cm³/mol. The molecule has 0 saturated heterocycles. The smallest absolute Gasteiger partial charge is 0.122 e. The van der Waals surface area contributed by atoms with Gasteiger partial charge >= 0.3 is 0 Å². The molecule has 20 heavy (non-hydrogen) atoms. The van der Waals surface area contributed by atoms with E-state index in [2.05, 4.69) is 57.4 Å². The van der Waals surface area contributed by atoms with Gasteiger partial charge in [-0.1, -0.05) is 56.5 Å².